The van der Waals surface area contributed by atoms with Gasteiger partial charge in [0.15, 0.2) is 12.3 Å². The normalized spacial score (nSPS) is 10.1. The number of rotatable bonds is 6. The summed E-state index contributed by atoms with van der Waals surface area (Å²) in [4.78, 5) is 26.1. The Morgan fingerprint density at radius 3 is 2.67 bits per heavy atom. The van der Waals surface area contributed by atoms with E-state index in [-0.39, 0.29) is 24.8 Å². The van der Waals surface area contributed by atoms with E-state index in [1.807, 2.05) is 12.1 Å². The molecule has 1 heterocycles. The molecule has 21 heavy (non-hydrogen) atoms. The molecule has 2 aromatic rings. The fourth-order valence-electron chi connectivity index (χ4n) is 1.40. The van der Waals surface area contributed by atoms with E-state index in [1.54, 1.807) is 12.1 Å². The van der Waals surface area contributed by atoms with Crippen molar-refractivity contribution in [2.24, 2.45) is 0 Å². The van der Waals surface area contributed by atoms with Gasteiger partial charge in [0.2, 0.25) is 0 Å². The van der Waals surface area contributed by atoms with Crippen LogP contribution in [0.2, 0.25) is 0 Å². The number of aromatic nitrogens is 1. The van der Waals surface area contributed by atoms with Gasteiger partial charge in [-0.15, -0.1) is 11.3 Å². The van der Waals surface area contributed by atoms with E-state index in [0.717, 1.165) is 4.47 Å². The van der Waals surface area contributed by atoms with Gasteiger partial charge < -0.3 is 15.2 Å². The van der Waals surface area contributed by atoms with Crippen molar-refractivity contribution in [2.45, 2.75) is 6.54 Å². The first kappa shape index (κ1) is 15.5. The number of nitrogens with zero attached hydrogens (tertiary/aromatic N) is 1. The molecule has 1 amide bonds. The van der Waals surface area contributed by atoms with Crippen LogP contribution in [0.3, 0.4) is 0 Å². The molecule has 0 bridgehead atoms. The molecule has 0 aliphatic rings. The summed E-state index contributed by atoms with van der Waals surface area (Å²) in [5.41, 5.74) is -0.0182. The van der Waals surface area contributed by atoms with E-state index in [4.69, 9.17) is 9.84 Å². The summed E-state index contributed by atoms with van der Waals surface area (Å²) in [6.45, 7) is 0.0687. The molecule has 2 rings (SSSR count). The van der Waals surface area contributed by atoms with Gasteiger partial charge in [-0.1, -0.05) is 15.9 Å². The fraction of sp³-hybridized carbons (Fsp3) is 0.154. The summed E-state index contributed by atoms with van der Waals surface area (Å²) < 4.78 is 6.24. The van der Waals surface area contributed by atoms with Crippen LogP contribution >= 0.6 is 27.3 Å². The largest absolute Gasteiger partial charge is 0.484 e. The average molecular weight is 371 g/mol. The number of amides is 1. The van der Waals surface area contributed by atoms with Crippen molar-refractivity contribution < 1.29 is 19.4 Å². The summed E-state index contributed by atoms with van der Waals surface area (Å²) in [5, 5.41) is 13.3. The van der Waals surface area contributed by atoms with Gasteiger partial charge >= 0.3 is 5.97 Å². The van der Waals surface area contributed by atoms with E-state index < -0.39 is 5.97 Å². The molecule has 1 aromatic heterocycles. The lowest BCUT2D eigenvalue weighted by Gasteiger charge is -2.06. The maximum Gasteiger partial charge on any atom is 0.355 e. The molecular formula is C13H11BrN2O4S. The van der Waals surface area contributed by atoms with Crippen LogP contribution in [0.1, 0.15) is 15.5 Å². The van der Waals surface area contributed by atoms with Gasteiger partial charge in [0.05, 0.1) is 6.54 Å². The number of carboxylic acid groups (broad SMARTS) is 1. The van der Waals surface area contributed by atoms with E-state index in [0.29, 0.717) is 10.8 Å². The number of hydrogen-bond acceptors (Lipinski definition) is 5. The lowest BCUT2D eigenvalue weighted by Crippen LogP contribution is -2.28. The number of carbonyl (C=O) groups excluding carboxylic acids is 1. The SMILES string of the molecule is O=C(COc1ccc(Br)cc1)NCc1nc(C(=O)O)cs1. The Morgan fingerprint density at radius 2 is 2.05 bits per heavy atom. The van der Waals surface area contributed by atoms with E-state index in [9.17, 15) is 9.59 Å². The molecule has 0 saturated carbocycles. The van der Waals surface area contributed by atoms with Crippen molar-refractivity contribution in [1.29, 1.82) is 0 Å². The van der Waals surface area contributed by atoms with Gasteiger partial charge in [-0.3, -0.25) is 4.79 Å². The summed E-state index contributed by atoms with van der Waals surface area (Å²) in [5.74, 6) is -0.789. The minimum atomic E-state index is -1.08. The van der Waals surface area contributed by atoms with Crippen molar-refractivity contribution in [3.63, 3.8) is 0 Å². The number of ether oxygens (including phenoxy) is 1. The fourth-order valence-corrected chi connectivity index (χ4v) is 2.37. The smallest absolute Gasteiger partial charge is 0.355 e. The molecule has 110 valence electrons. The third-order valence-corrected chi connectivity index (χ3v) is 3.77. The molecule has 0 aliphatic carbocycles. The van der Waals surface area contributed by atoms with Gasteiger partial charge in [0, 0.05) is 9.85 Å². The van der Waals surface area contributed by atoms with E-state index >= 15 is 0 Å². The van der Waals surface area contributed by atoms with E-state index in [2.05, 4.69) is 26.2 Å². The van der Waals surface area contributed by atoms with Gasteiger partial charge in [0.1, 0.15) is 10.8 Å². The Balaban J connectivity index is 1.76. The van der Waals surface area contributed by atoms with Crippen LogP contribution in [0.4, 0.5) is 0 Å². The Labute approximate surface area is 132 Å². The number of carbonyl (C=O) groups is 2. The highest BCUT2D eigenvalue weighted by molar-refractivity contribution is 9.10. The zero-order valence-corrected chi connectivity index (χ0v) is 13.1. The van der Waals surface area contributed by atoms with Crippen molar-refractivity contribution >= 4 is 39.1 Å². The van der Waals surface area contributed by atoms with Gasteiger partial charge in [0.25, 0.3) is 5.91 Å². The molecule has 0 saturated heterocycles. The standard InChI is InChI=1S/C13H11BrN2O4S/c14-8-1-3-9(4-2-8)20-6-11(17)15-5-12-16-10(7-21-12)13(18)19/h1-4,7H,5-6H2,(H,15,17)(H,18,19). The second-order valence-electron chi connectivity index (χ2n) is 3.95. The van der Waals surface area contributed by atoms with Crippen LogP contribution in [0.25, 0.3) is 0 Å². The predicted octanol–water partition coefficient (Wildman–Crippen LogP) is 2.30. The highest BCUT2D eigenvalue weighted by atomic mass is 79.9. The highest BCUT2D eigenvalue weighted by Gasteiger charge is 2.09. The molecule has 0 radical (unpaired) electrons. The molecule has 0 aliphatic heterocycles. The zero-order valence-electron chi connectivity index (χ0n) is 10.7. The molecular weight excluding hydrogens is 360 g/mol. The molecule has 1 aromatic carbocycles. The van der Waals surface area contributed by atoms with Crippen LogP contribution < -0.4 is 10.1 Å². The van der Waals surface area contributed by atoms with Crippen LogP contribution in [0.15, 0.2) is 34.1 Å². The number of benzene rings is 1. The zero-order chi connectivity index (χ0) is 15.2. The summed E-state index contributed by atoms with van der Waals surface area (Å²) in [6.07, 6.45) is 0. The van der Waals surface area contributed by atoms with Crippen LogP contribution in [0, 0.1) is 0 Å². The molecule has 2 N–H and O–H groups in total. The number of aromatic carboxylic acids is 1. The quantitative estimate of drug-likeness (QED) is 0.814. The van der Waals surface area contributed by atoms with Crippen molar-refractivity contribution in [3.8, 4) is 5.75 Å². The maximum absolute atomic E-state index is 11.6. The highest BCUT2D eigenvalue weighted by Crippen LogP contribution is 2.15. The second kappa shape index (κ2) is 7.19. The molecule has 0 atom stereocenters. The van der Waals surface area contributed by atoms with Crippen molar-refractivity contribution in [3.05, 3.63) is 44.8 Å². The van der Waals surface area contributed by atoms with Crippen molar-refractivity contribution in [1.82, 2.24) is 10.3 Å². The Bertz CT molecular complexity index is 642. The lowest BCUT2D eigenvalue weighted by molar-refractivity contribution is -0.123. The Hall–Kier alpha value is -1.93. The third kappa shape index (κ3) is 4.83. The average Bonchev–Trinajstić information content (AvgIpc) is 2.93. The van der Waals surface area contributed by atoms with Gasteiger partial charge in [-0.25, -0.2) is 9.78 Å². The molecule has 0 fully saturated rings. The molecule has 6 nitrogen and oxygen atoms in total. The van der Waals surface area contributed by atoms with Gasteiger partial charge in [-0.05, 0) is 24.3 Å². The minimum absolute atomic E-state index is 0.0182. The van der Waals surface area contributed by atoms with Crippen LogP contribution in [-0.2, 0) is 11.3 Å². The summed E-state index contributed by atoms with van der Waals surface area (Å²) in [6, 6.07) is 7.13. The predicted molar refractivity (Wildman–Crippen MR) is 80.6 cm³/mol. The van der Waals surface area contributed by atoms with Crippen LogP contribution in [0.5, 0.6) is 5.75 Å². The first-order valence-electron chi connectivity index (χ1n) is 5.87. The second-order valence-corrected chi connectivity index (χ2v) is 5.81. The monoisotopic (exact) mass is 370 g/mol. The Kier molecular flexibility index (Phi) is 5.29. The van der Waals surface area contributed by atoms with Gasteiger partial charge in [-0.2, -0.15) is 0 Å². The van der Waals surface area contributed by atoms with Crippen molar-refractivity contribution in [2.75, 3.05) is 6.61 Å². The molecule has 0 spiro atoms. The number of nitrogens with one attached hydrogen (secondary N) is 1. The third-order valence-electron chi connectivity index (χ3n) is 2.39. The molecule has 0 unspecified atom stereocenters. The number of carboxylic acids is 1. The summed E-state index contributed by atoms with van der Waals surface area (Å²) >= 11 is 4.49. The first-order valence-corrected chi connectivity index (χ1v) is 7.54. The number of hydrogen-bond donors (Lipinski definition) is 2. The van der Waals surface area contributed by atoms with Crippen LogP contribution in [-0.4, -0.2) is 28.6 Å². The first-order chi connectivity index (χ1) is 10.0. The lowest BCUT2D eigenvalue weighted by atomic mass is 10.3. The van der Waals surface area contributed by atoms with E-state index in [1.165, 1.54) is 16.7 Å². The maximum atomic E-state index is 11.6. The number of halogens is 1. The Morgan fingerprint density at radius 1 is 1.33 bits per heavy atom. The minimum Gasteiger partial charge on any atom is -0.484 e. The molecule has 8 heteroatoms. The topological polar surface area (TPSA) is 88.5 Å². The number of thiazole rings is 1. The summed E-state index contributed by atoms with van der Waals surface area (Å²) in [7, 11) is 0.